The first-order valence-electron chi connectivity index (χ1n) is 8.43. The summed E-state index contributed by atoms with van der Waals surface area (Å²) in [6.45, 7) is 4.42. The van der Waals surface area contributed by atoms with Crippen LogP contribution in [0.4, 0.5) is 5.13 Å². The molecule has 2 nitrogen and oxygen atoms in total. The summed E-state index contributed by atoms with van der Waals surface area (Å²) in [5, 5.41) is 0.852. The summed E-state index contributed by atoms with van der Waals surface area (Å²) in [6, 6.07) is 17.2. The van der Waals surface area contributed by atoms with E-state index in [0.29, 0.717) is 5.92 Å². The minimum atomic E-state index is 0.557. The molecule has 120 valence electrons. The van der Waals surface area contributed by atoms with Crippen molar-refractivity contribution >= 4 is 22.7 Å². The predicted octanol–water partition coefficient (Wildman–Crippen LogP) is 5.78. The normalized spacial score (nSPS) is 13.3. The van der Waals surface area contributed by atoms with Gasteiger partial charge in [-0.2, -0.15) is 0 Å². The fourth-order valence-corrected chi connectivity index (χ4v) is 4.10. The van der Waals surface area contributed by atoms with E-state index in [1.807, 2.05) is 6.21 Å². The van der Waals surface area contributed by atoms with Gasteiger partial charge in [0, 0.05) is 6.21 Å². The second-order valence-electron chi connectivity index (χ2n) is 6.51. The van der Waals surface area contributed by atoms with Crippen molar-refractivity contribution in [1.29, 1.82) is 0 Å². The molecule has 1 aromatic heterocycles. The molecule has 0 atom stereocenters. The number of hydrogen-bond donors (Lipinski definition) is 0. The molecule has 0 saturated heterocycles. The first kappa shape index (κ1) is 15.3. The van der Waals surface area contributed by atoms with E-state index >= 15 is 0 Å². The van der Waals surface area contributed by atoms with Crippen LogP contribution in [0.2, 0.25) is 0 Å². The number of benzene rings is 2. The Bertz CT molecular complexity index is 888. The summed E-state index contributed by atoms with van der Waals surface area (Å²) in [5.74, 6) is 0.557. The van der Waals surface area contributed by atoms with E-state index < -0.39 is 0 Å². The minimum Gasteiger partial charge on any atom is -0.227 e. The Labute approximate surface area is 146 Å². The molecule has 3 aromatic rings. The molecule has 24 heavy (non-hydrogen) atoms. The molecule has 0 unspecified atom stereocenters. The Balaban J connectivity index is 1.60. The van der Waals surface area contributed by atoms with Gasteiger partial charge in [-0.3, -0.25) is 0 Å². The molecule has 0 radical (unpaired) electrons. The number of aromatic nitrogens is 1. The van der Waals surface area contributed by atoms with Crippen molar-refractivity contribution in [1.82, 2.24) is 4.98 Å². The van der Waals surface area contributed by atoms with Crippen LogP contribution in [0.1, 0.15) is 42.1 Å². The fraction of sp³-hybridized carbons (Fsp3) is 0.238. The highest BCUT2D eigenvalue weighted by Crippen LogP contribution is 2.40. The van der Waals surface area contributed by atoms with Crippen molar-refractivity contribution in [3.05, 3.63) is 70.9 Å². The van der Waals surface area contributed by atoms with Gasteiger partial charge in [0.1, 0.15) is 0 Å². The predicted molar refractivity (Wildman–Crippen MR) is 103 cm³/mol. The summed E-state index contributed by atoms with van der Waals surface area (Å²) in [5.41, 5.74) is 6.43. The van der Waals surface area contributed by atoms with E-state index in [-0.39, 0.29) is 0 Å². The van der Waals surface area contributed by atoms with Gasteiger partial charge in [0.15, 0.2) is 0 Å². The van der Waals surface area contributed by atoms with Gasteiger partial charge in [-0.1, -0.05) is 73.7 Å². The molecule has 0 spiro atoms. The highest BCUT2D eigenvalue weighted by molar-refractivity contribution is 7.18. The van der Waals surface area contributed by atoms with Crippen molar-refractivity contribution in [3.63, 3.8) is 0 Å². The number of rotatable bonds is 3. The molecule has 4 rings (SSSR count). The minimum absolute atomic E-state index is 0.557. The van der Waals surface area contributed by atoms with Gasteiger partial charge in [-0.25, -0.2) is 9.98 Å². The molecule has 3 heteroatoms. The highest BCUT2D eigenvalue weighted by Gasteiger charge is 2.19. The van der Waals surface area contributed by atoms with Crippen LogP contribution < -0.4 is 0 Å². The lowest BCUT2D eigenvalue weighted by molar-refractivity contribution is 0.866. The molecule has 1 heterocycles. The molecule has 0 saturated carbocycles. The van der Waals surface area contributed by atoms with Crippen LogP contribution in [0.5, 0.6) is 0 Å². The van der Waals surface area contributed by atoms with Crippen molar-refractivity contribution < 1.29 is 0 Å². The Morgan fingerprint density at radius 1 is 1.04 bits per heavy atom. The molecule has 0 N–H and O–H groups in total. The monoisotopic (exact) mass is 332 g/mol. The highest BCUT2D eigenvalue weighted by atomic mass is 32.1. The van der Waals surface area contributed by atoms with Crippen LogP contribution >= 0.6 is 11.3 Å². The molecule has 0 fully saturated rings. The van der Waals surface area contributed by atoms with Gasteiger partial charge in [0.2, 0.25) is 5.13 Å². The van der Waals surface area contributed by atoms with Crippen LogP contribution in [0, 0.1) is 0 Å². The largest absolute Gasteiger partial charge is 0.227 e. The third-order valence-electron chi connectivity index (χ3n) is 4.51. The maximum Gasteiger partial charge on any atom is 0.209 e. The van der Waals surface area contributed by atoms with Gasteiger partial charge < -0.3 is 0 Å². The average molecular weight is 332 g/mol. The molecular formula is C21H20N2S. The second-order valence-corrected chi connectivity index (χ2v) is 7.49. The van der Waals surface area contributed by atoms with E-state index in [1.54, 1.807) is 11.3 Å². The maximum absolute atomic E-state index is 4.73. The second kappa shape index (κ2) is 6.33. The van der Waals surface area contributed by atoms with Crippen molar-refractivity contribution in [2.24, 2.45) is 4.99 Å². The van der Waals surface area contributed by atoms with Gasteiger partial charge in [-0.15, -0.1) is 0 Å². The lowest BCUT2D eigenvalue weighted by atomic mass is 9.94. The lowest BCUT2D eigenvalue weighted by Crippen LogP contribution is -2.01. The summed E-state index contributed by atoms with van der Waals surface area (Å²) in [4.78, 5) is 10.6. The molecule has 0 amide bonds. The number of fused-ring (bicyclic) bond motifs is 3. The van der Waals surface area contributed by atoms with Crippen molar-refractivity contribution in [2.45, 2.75) is 32.6 Å². The first-order chi connectivity index (χ1) is 11.7. The van der Waals surface area contributed by atoms with E-state index in [0.717, 1.165) is 23.5 Å². The van der Waals surface area contributed by atoms with Crippen molar-refractivity contribution in [3.8, 4) is 10.4 Å². The van der Waals surface area contributed by atoms with Crippen molar-refractivity contribution in [2.75, 3.05) is 0 Å². The van der Waals surface area contributed by atoms with Gasteiger partial charge in [0.25, 0.3) is 0 Å². The van der Waals surface area contributed by atoms with E-state index in [9.17, 15) is 0 Å². The van der Waals surface area contributed by atoms with Gasteiger partial charge in [0.05, 0.1) is 10.6 Å². The molecule has 1 aliphatic carbocycles. The Hall–Kier alpha value is -2.26. The van der Waals surface area contributed by atoms with Crippen LogP contribution in [0.3, 0.4) is 0 Å². The van der Waals surface area contributed by atoms with E-state index in [1.165, 1.54) is 27.3 Å². The Morgan fingerprint density at radius 2 is 1.83 bits per heavy atom. The SMILES string of the molecule is CC(C)c1ccc(C=Nc2nc3c(s2)-c2ccccc2CC3)cc1. The summed E-state index contributed by atoms with van der Waals surface area (Å²) in [7, 11) is 0. The lowest BCUT2D eigenvalue weighted by Gasteiger charge is -2.13. The van der Waals surface area contributed by atoms with E-state index in [2.05, 4.69) is 67.4 Å². The topological polar surface area (TPSA) is 25.2 Å². The third-order valence-corrected chi connectivity index (χ3v) is 5.55. The van der Waals surface area contributed by atoms with Crippen LogP contribution in [-0.4, -0.2) is 11.2 Å². The number of hydrogen-bond acceptors (Lipinski definition) is 3. The number of thiazole rings is 1. The smallest absolute Gasteiger partial charge is 0.209 e. The molecule has 0 aliphatic heterocycles. The molecular weight excluding hydrogens is 312 g/mol. The summed E-state index contributed by atoms with van der Waals surface area (Å²) < 4.78 is 0. The fourth-order valence-electron chi connectivity index (χ4n) is 3.08. The Morgan fingerprint density at radius 3 is 2.62 bits per heavy atom. The first-order valence-corrected chi connectivity index (χ1v) is 9.24. The summed E-state index contributed by atoms with van der Waals surface area (Å²) in [6.07, 6.45) is 4.01. The number of aryl methyl sites for hydroxylation is 2. The van der Waals surface area contributed by atoms with Crippen LogP contribution in [0.15, 0.2) is 53.5 Å². The standard InChI is InChI=1S/C21H20N2S/c1-14(2)16-9-7-15(8-10-16)13-22-21-23-19-12-11-17-5-3-4-6-18(17)20(19)24-21/h3-10,13-14H,11-12H2,1-2H3. The zero-order chi connectivity index (χ0) is 16.5. The van der Waals surface area contributed by atoms with Gasteiger partial charge in [-0.05, 0) is 41.0 Å². The average Bonchev–Trinajstić information content (AvgIpc) is 3.04. The van der Waals surface area contributed by atoms with Crippen LogP contribution in [0.25, 0.3) is 10.4 Å². The number of aliphatic imine (C=N–C) groups is 1. The van der Waals surface area contributed by atoms with Crippen LogP contribution in [-0.2, 0) is 12.8 Å². The molecule has 1 aliphatic rings. The zero-order valence-corrected chi connectivity index (χ0v) is 14.8. The zero-order valence-electron chi connectivity index (χ0n) is 14.0. The number of nitrogens with zero attached hydrogens (tertiary/aromatic N) is 2. The Kier molecular flexibility index (Phi) is 4.03. The quantitative estimate of drug-likeness (QED) is 0.558. The third kappa shape index (κ3) is 2.92. The maximum atomic E-state index is 4.73. The summed E-state index contributed by atoms with van der Waals surface area (Å²) >= 11 is 1.70. The molecule has 2 aromatic carbocycles. The molecule has 0 bridgehead atoms. The van der Waals surface area contributed by atoms with Gasteiger partial charge >= 0.3 is 0 Å². The van der Waals surface area contributed by atoms with E-state index in [4.69, 9.17) is 4.98 Å².